The first-order chi connectivity index (χ1) is 9.61. The van der Waals surface area contributed by atoms with Crippen LogP contribution in [-0.4, -0.2) is 16.7 Å². The van der Waals surface area contributed by atoms with Gasteiger partial charge in [-0.3, -0.25) is 4.57 Å². The fourth-order valence-electron chi connectivity index (χ4n) is 2.14. The number of fused-ring (bicyclic) bond motifs is 1. The number of nitrogens with zero attached hydrogens (tertiary/aromatic N) is 2. The number of methoxy groups -OCH3 is 1. The number of hydrogen-bond donors (Lipinski definition) is 1. The van der Waals surface area contributed by atoms with Crippen molar-refractivity contribution in [2.45, 2.75) is 0 Å². The zero-order valence-electron chi connectivity index (χ0n) is 10.6. The summed E-state index contributed by atoms with van der Waals surface area (Å²) in [4.78, 5) is 4.20. The van der Waals surface area contributed by atoms with Gasteiger partial charge in [0.05, 0.1) is 28.9 Å². The molecule has 0 saturated carbocycles. The lowest BCUT2D eigenvalue weighted by Crippen LogP contribution is -2.03. The highest BCUT2D eigenvalue weighted by Crippen LogP contribution is 2.31. The van der Waals surface area contributed by atoms with Crippen molar-refractivity contribution in [2.75, 3.05) is 12.8 Å². The second-order valence-corrected chi connectivity index (χ2v) is 4.64. The highest BCUT2D eigenvalue weighted by Gasteiger charge is 2.16. The van der Waals surface area contributed by atoms with Crippen LogP contribution in [0.3, 0.4) is 0 Å². The van der Waals surface area contributed by atoms with Gasteiger partial charge in [0, 0.05) is 6.07 Å². The summed E-state index contributed by atoms with van der Waals surface area (Å²) in [5, 5.41) is 0.453. The summed E-state index contributed by atoms with van der Waals surface area (Å²) in [6, 6.07) is 9.65. The summed E-state index contributed by atoms with van der Waals surface area (Å²) in [7, 11) is 1.51. The Morgan fingerprint density at radius 2 is 2.10 bits per heavy atom. The molecule has 4 nitrogen and oxygen atoms in total. The monoisotopic (exact) mass is 291 g/mol. The molecule has 0 aliphatic rings. The van der Waals surface area contributed by atoms with E-state index in [1.54, 1.807) is 24.3 Å². The lowest BCUT2D eigenvalue weighted by Gasteiger charge is -2.10. The predicted molar refractivity (Wildman–Crippen MR) is 77.0 cm³/mol. The summed E-state index contributed by atoms with van der Waals surface area (Å²) in [5.74, 6) is 0.256. The number of nitrogens with two attached hydrogens (primary N) is 1. The minimum absolute atomic E-state index is 0.167. The van der Waals surface area contributed by atoms with E-state index < -0.39 is 5.82 Å². The maximum Gasteiger partial charge on any atom is 0.206 e. The van der Waals surface area contributed by atoms with Crippen LogP contribution in [0.15, 0.2) is 36.4 Å². The number of halogens is 2. The molecule has 0 bridgehead atoms. The van der Waals surface area contributed by atoms with E-state index in [0.29, 0.717) is 21.8 Å². The van der Waals surface area contributed by atoms with Crippen LogP contribution in [0, 0.1) is 5.82 Å². The molecule has 1 aromatic heterocycles. The third-order valence-corrected chi connectivity index (χ3v) is 3.35. The zero-order chi connectivity index (χ0) is 14.3. The number of ether oxygens (including phenoxy) is 1. The van der Waals surface area contributed by atoms with E-state index in [4.69, 9.17) is 22.1 Å². The molecule has 0 atom stereocenters. The van der Waals surface area contributed by atoms with E-state index in [1.807, 2.05) is 0 Å². The quantitative estimate of drug-likeness (QED) is 0.787. The Labute approximate surface area is 119 Å². The lowest BCUT2D eigenvalue weighted by molar-refractivity contribution is 0.413. The SMILES string of the molecule is COc1ccc(F)c(-n2c(N)nc3cccc(Cl)c32)c1. The third kappa shape index (κ3) is 1.87. The van der Waals surface area contributed by atoms with Crippen LogP contribution in [0.1, 0.15) is 0 Å². The molecule has 102 valence electrons. The maximum atomic E-state index is 14.1. The van der Waals surface area contributed by atoms with Crippen molar-refractivity contribution in [3.63, 3.8) is 0 Å². The van der Waals surface area contributed by atoms with Crippen LogP contribution < -0.4 is 10.5 Å². The first-order valence-corrected chi connectivity index (χ1v) is 6.26. The van der Waals surface area contributed by atoms with Gasteiger partial charge in [-0.05, 0) is 24.3 Å². The number of aromatic nitrogens is 2. The Morgan fingerprint density at radius 1 is 1.30 bits per heavy atom. The predicted octanol–water partition coefficient (Wildman–Crippen LogP) is 3.41. The van der Waals surface area contributed by atoms with E-state index >= 15 is 0 Å². The van der Waals surface area contributed by atoms with E-state index in [2.05, 4.69) is 4.98 Å². The molecule has 6 heteroatoms. The Hall–Kier alpha value is -2.27. The Balaban J connectivity index is 2.37. The topological polar surface area (TPSA) is 53.1 Å². The van der Waals surface area contributed by atoms with Gasteiger partial charge < -0.3 is 10.5 Å². The van der Waals surface area contributed by atoms with Gasteiger partial charge in [0.25, 0.3) is 0 Å². The average molecular weight is 292 g/mol. The second-order valence-electron chi connectivity index (χ2n) is 4.23. The summed E-state index contributed by atoms with van der Waals surface area (Å²) >= 11 is 6.18. The highest BCUT2D eigenvalue weighted by molar-refractivity contribution is 6.35. The lowest BCUT2D eigenvalue weighted by atomic mass is 10.2. The molecule has 0 amide bonds. The molecule has 20 heavy (non-hydrogen) atoms. The standard InChI is InChI=1S/C14H11ClFN3O/c1-20-8-5-6-10(16)12(7-8)19-13-9(15)3-2-4-11(13)18-14(19)17/h2-7H,1H3,(H2,17,18). The highest BCUT2D eigenvalue weighted by atomic mass is 35.5. The third-order valence-electron chi connectivity index (χ3n) is 3.05. The summed E-state index contributed by atoms with van der Waals surface area (Å²) in [6.07, 6.45) is 0. The van der Waals surface area contributed by atoms with Crippen molar-refractivity contribution >= 4 is 28.6 Å². The van der Waals surface area contributed by atoms with E-state index in [0.717, 1.165) is 0 Å². The molecule has 0 saturated heterocycles. The summed E-state index contributed by atoms with van der Waals surface area (Å²) in [6.45, 7) is 0. The number of anilines is 1. The van der Waals surface area contributed by atoms with Gasteiger partial charge in [-0.25, -0.2) is 9.37 Å². The molecule has 0 spiro atoms. The largest absolute Gasteiger partial charge is 0.497 e. The fraction of sp³-hybridized carbons (Fsp3) is 0.0714. The Kier molecular flexibility index (Phi) is 2.99. The normalized spacial score (nSPS) is 10.9. The minimum Gasteiger partial charge on any atom is -0.497 e. The number of hydrogen-bond acceptors (Lipinski definition) is 3. The molecule has 3 aromatic rings. The van der Waals surface area contributed by atoms with Gasteiger partial charge in [-0.2, -0.15) is 0 Å². The van der Waals surface area contributed by atoms with Crippen LogP contribution in [0.2, 0.25) is 5.02 Å². The first-order valence-electron chi connectivity index (χ1n) is 5.88. The second kappa shape index (κ2) is 4.68. The van der Waals surface area contributed by atoms with Crippen molar-refractivity contribution in [3.8, 4) is 11.4 Å². The molecule has 0 aliphatic heterocycles. The summed E-state index contributed by atoms with van der Waals surface area (Å²) < 4.78 is 20.7. The van der Waals surface area contributed by atoms with Crippen LogP contribution in [0.4, 0.5) is 10.3 Å². The van der Waals surface area contributed by atoms with E-state index in [9.17, 15) is 4.39 Å². The molecule has 0 aliphatic carbocycles. The van der Waals surface area contributed by atoms with Crippen molar-refractivity contribution in [3.05, 3.63) is 47.2 Å². The van der Waals surface area contributed by atoms with Crippen molar-refractivity contribution in [2.24, 2.45) is 0 Å². The van der Waals surface area contributed by atoms with Gasteiger partial charge in [-0.15, -0.1) is 0 Å². The molecular formula is C14H11ClFN3O. The van der Waals surface area contributed by atoms with Gasteiger partial charge >= 0.3 is 0 Å². The Morgan fingerprint density at radius 3 is 2.85 bits per heavy atom. The van der Waals surface area contributed by atoms with E-state index in [1.165, 1.54) is 23.8 Å². The minimum atomic E-state index is -0.434. The number of para-hydroxylation sites is 1. The fourth-order valence-corrected chi connectivity index (χ4v) is 2.39. The van der Waals surface area contributed by atoms with Crippen molar-refractivity contribution in [1.29, 1.82) is 0 Å². The Bertz CT molecular complexity index is 800. The van der Waals surface area contributed by atoms with Crippen LogP contribution >= 0.6 is 11.6 Å². The van der Waals surface area contributed by atoms with Crippen LogP contribution in [0.5, 0.6) is 5.75 Å². The number of rotatable bonds is 2. The molecule has 3 rings (SSSR count). The number of benzene rings is 2. The van der Waals surface area contributed by atoms with Crippen LogP contribution in [-0.2, 0) is 0 Å². The number of imidazole rings is 1. The molecule has 0 fully saturated rings. The molecule has 0 radical (unpaired) electrons. The smallest absolute Gasteiger partial charge is 0.206 e. The zero-order valence-corrected chi connectivity index (χ0v) is 11.4. The van der Waals surface area contributed by atoms with Gasteiger partial charge in [0.1, 0.15) is 11.6 Å². The van der Waals surface area contributed by atoms with Crippen molar-refractivity contribution in [1.82, 2.24) is 9.55 Å². The average Bonchev–Trinajstić information content (AvgIpc) is 2.77. The molecule has 1 heterocycles. The van der Waals surface area contributed by atoms with Crippen molar-refractivity contribution < 1.29 is 9.13 Å². The number of nitrogen functional groups attached to an aromatic ring is 1. The molecule has 0 unspecified atom stereocenters. The van der Waals surface area contributed by atoms with Gasteiger partial charge in [0.2, 0.25) is 5.95 Å². The summed E-state index contributed by atoms with van der Waals surface area (Å²) in [5.41, 5.74) is 7.32. The van der Waals surface area contributed by atoms with Gasteiger partial charge in [-0.1, -0.05) is 17.7 Å². The molecule has 2 N–H and O–H groups in total. The maximum absolute atomic E-state index is 14.1. The van der Waals surface area contributed by atoms with Gasteiger partial charge in [0.15, 0.2) is 0 Å². The van der Waals surface area contributed by atoms with E-state index in [-0.39, 0.29) is 11.6 Å². The molecular weight excluding hydrogens is 281 g/mol. The molecule has 2 aromatic carbocycles. The first kappa shape index (κ1) is 12.7. The van der Waals surface area contributed by atoms with Crippen LogP contribution in [0.25, 0.3) is 16.7 Å².